The van der Waals surface area contributed by atoms with Crippen LogP contribution in [0.4, 0.5) is 0 Å². The number of ether oxygens (including phenoxy) is 1. The maximum absolute atomic E-state index is 10.4. The number of carbonyl (C=O) groups is 4. The maximum atomic E-state index is 10.4. The van der Waals surface area contributed by atoms with Gasteiger partial charge in [-0.25, -0.2) is 0 Å². The normalized spacial score (nSPS) is 12.6. The van der Waals surface area contributed by atoms with Gasteiger partial charge in [0.05, 0.1) is 17.9 Å². The van der Waals surface area contributed by atoms with Crippen LogP contribution in [0.5, 0.6) is 0 Å². The zero-order valence-corrected chi connectivity index (χ0v) is 20.6. The molecular weight excluding hydrogens is 348 g/mol. The standard InChI is InChI=1S/C8H10O10.4Na/c9-3(10)1-2(6(12)13)18-5(8(16)17)4(11)7(14)15;;;;/h2,4-5,11H,1H2,(H,9,10)(H,12,13)(H,14,15)(H,16,17);;;;/q;4*+1/p-4. The molecule has 0 radical (unpaired) electrons. The van der Waals surface area contributed by atoms with Crippen LogP contribution in [-0.4, -0.2) is 47.3 Å². The number of aliphatic hydroxyl groups excluding tert-OH is 1. The van der Waals surface area contributed by atoms with Gasteiger partial charge in [-0.05, 0) is 0 Å². The van der Waals surface area contributed by atoms with E-state index < -0.39 is 48.6 Å². The summed E-state index contributed by atoms with van der Waals surface area (Å²) in [7, 11) is 0. The molecule has 22 heavy (non-hydrogen) atoms. The molecule has 0 aromatic heterocycles. The number of hydrogen-bond donors (Lipinski definition) is 1. The Morgan fingerprint density at radius 3 is 1.45 bits per heavy atom. The minimum Gasteiger partial charge on any atom is -0.550 e. The van der Waals surface area contributed by atoms with Crippen LogP contribution in [-0.2, 0) is 23.9 Å². The van der Waals surface area contributed by atoms with Gasteiger partial charge >= 0.3 is 118 Å². The van der Waals surface area contributed by atoms with Gasteiger partial charge in [0, 0.05) is 12.4 Å². The summed E-state index contributed by atoms with van der Waals surface area (Å²) in [6.45, 7) is 0. The average Bonchev–Trinajstić information content (AvgIpc) is 2.21. The van der Waals surface area contributed by atoms with Gasteiger partial charge in [-0.2, -0.15) is 0 Å². The van der Waals surface area contributed by atoms with Crippen molar-refractivity contribution in [1.29, 1.82) is 0 Å². The van der Waals surface area contributed by atoms with Gasteiger partial charge in [-0.3, -0.25) is 0 Å². The van der Waals surface area contributed by atoms with Gasteiger partial charge in [-0.15, -0.1) is 0 Å². The second-order valence-electron chi connectivity index (χ2n) is 3.02. The van der Waals surface area contributed by atoms with Gasteiger partial charge in [-0.1, -0.05) is 0 Å². The third-order valence-electron chi connectivity index (χ3n) is 1.69. The molecule has 102 valence electrons. The van der Waals surface area contributed by atoms with Crippen LogP contribution >= 0.6 is 0 Å². The number of hydrogen-bond acceptors (Lipinski definition) is 10. The summed E-state index contributed by atoms with van der Waals surface area (Å²) in [5.74, 6) is -8.58. The van der Waals surface area contributed by atoms with Crippen molar-refractivity contribution in [3.05, 3.63) is 0 Å². The van der Waals surface area contributed by atoms with Crippen molar-refractivity contribution in [2.45, 2.75) is 24.7 Å². The fraction of sp³-hybridized carbons (Fsp3) is 0.500. The van der Waals surface area contributed by atoms with Gasteiger partial charge in [0.1, 0.15) is 18.3 Å². The van der Waals surface area contributed by atoms with Crippen LogP contribution in [0, 0.1) is 0 Å². The summed E-state index contributed by atoms with van der Waals surface area (Å²) in [4.78, 5) is 41.2. The molecule has 0 aromatic rings. The maximum Gasteiger partial charge on any atom is 1.00 e. The number of carboxylic acid groups (broad SMARTS) is 4. The molecule has 0 rings (SSSR count). The van der Waals surface area contributed by atoms with Crippen molar-refractivity contribution in [2.24, 2.45) is 0 Å². The molecule has 3 unspecified atom stereocenters. The minimum atomic E-state index is -2.74. The van der Waals surface area contributed by atoms with E-state index in [1.165, 1.54) is 0 Å². The minimum absolute atomic E-state index is 0. The SMILES string of the molecule is O=C([O-])CC(OC(C(=O)[O-])C(O)C(=O)[O-])C(=O)[O-].[Na+].[Na+].[Na+].[Na+]. The number of rotatable bonds is 8. The fourth-order valence-electron chi connectivity index (χ4n) is 0.898. The van der Waals surface area contributed by atoms with Crippen molar-refractivity contribution >= 4 is 23.9 Å². The Morgan fingerprint density at radius 1 is 0.818 bits per heavy atom. The number of carbonyl (C=O) groups excluding carboxylic acids is 4. The molecule has 0 heterocycles. The molecule has 0 aliphatic carbocycles. The molecule has 1 N–H and O–H groups in total. The van der Waals surface area contributed by atoms with Crippen molar-refractivity contribution < 1.29 is 168 Å². The first-order valence-corrected chi connectivity index (χ1v) is 4.32. The average molecular weight is 354 g/mol. The Balaban J connectivity index is -0.000000241. The smallest absolute Gasteiger partial charge is 0.550 e. The molecule has 0 fully saturated rings. The quantitative estimate of drug-likeness (QED) is 0.409. The van der Waals surface area contributed by atoms with Crippen LogP contribution in [0.1, 0.15) is 6.42 Å². The van der Waals surface area contributed by atoms with E-state index in [-0.39, 0.29) is 118 Å². The van der Waals surface area contributed by atoms with E-state index in [0.29, 0.717) is 0 Å². The van der Waals surface area contributed by atoms with E-state index in [2.05, 4.69) is 4.74 Å². The van der Waals surface area contributed by atoms with Crippen LogP contribution < -0.4 is 139 Å². The second kappa shape index (κ2) is 17.6. The van der Waals surface area contributed by atoms with E-state index in [9.17, 15) is 39.6 Å². The molecule has 0 aliphatic heterocycles. The molecule has 0 saturated heterocycles. The van der Waals surface area contributed by atoms with E-state index in [1.807, 2.05) is 0 Å². The summed E-state index contributed by atoms with van der Waals surface area (Å²) < 4.78 is 4.09. The largest absolute Gasteiger partial charge is 1.00 e. The molecule has 14 heteroatoms. The van der Waals surface area contributed by atoms with Gasteiger partial charge < -0.3 is 49.4 Å². The molecule has 3 atom stereocenters. The molecule has 0 spiro atoms. The summed E-state index contributed by atoms with van der Waals surface area (Å²) in [5.41, 5.74) is 0. The predicted octanol–water partition coefficient (Wildman–Crippen LogP) is -19.5. The fourth-order valence-corrected chi connectivity index (χ4v) is 0.898. The number of aliphatic carboxylic acids is 4. The molecule has 10 nitrogen and oxygen atoms in total. The van der Waals surface area contributed by atoms with Crippen molar-refractivity contribution in [1.82, 2.24) is 0 Å². The monoisotopic (exact) mass is 354 g/mol. The zero-order valence-electron chi connectivity index (χ0n) is 12.6. The van der Waals surface area contributed by atoms with E-state index in [0.717, 1.165) is 0 Å². The van der Waals surface area contributed by atoms with Gasteiger partial charge in [0.25, 0.3) is 0 Å². The van der Waals surface area contributed by atoms with Crippen molar-refractivity contribution in [3.63, 3.8) is 0 Å². The second-order valence-corrected chi connectivity index (χ2v) is 3.02. The number of carboxylic acids is 4. The summed E-state index contributed by atoms with van der Waals surface area (Å²) in [5, 5.41) is 50.0. The van der Waals surface area contributed by atoms with Crippen molar-refractivity contribution in [2.75, 3.05) is 0 Å². The van der Waals surface area contributed by atoms with Gasteiger partial charge in [0.15, 0.2) is 0 Å². The van der Waals surface area contributed by atoms with Gasteiger partial charge in [0.2, 0.25) is 0 Å². The molecule has 0 saturated carbocycles. The first kappa shape index (κ1) is 35.0. The third kappa shape index (κ3) is 14.2. The van der Waals surface area contributed by atoms with Crippen LogP contribution in [0.15, 0.2) is 0 Å². The Morgan fingerprint density at radius 2 is 1.23 bits per heavy atom. The van der Waals surface area contributed by atoms with Crippen LogP contribution in [0.2, 0.25) is 0 Å². The summed E-state index contributed by atoms with van der Waals surface area (Å²) in [6, 6.07) is 0. The topological polar surface area (TPSA) is 190 Å². The molecule has 0 aliphatic rings. The first-order valence-electron chi connectivity index (χ1n) is 4.32. The first-order chi connectivity index (χ1) is 8.16. The van der Waals surface area contributed by atoms with Crippen LogP contribution in [0.25, 0.3) is 0 Å². The molecule has 0 amide bonds. The van der Waals surface area contributed by atoms with E-state index in [1.54, 1.807) is 0 Å². The van der Waals surface area contributed by atoms with Crippen LogP contribution in [0.3, 0.4) is 0 Å². The number of aliphatic hydroxyl groups is 1. The Hall–Kier alpha value is 1.80. The molecule has 0 bridgehead atoms. The molecular formula is C8H6Na4O10. The van der Waals surface area contributed by atoms with E-state index >= 15 is 0 Å². The van der Waals surface area contributed by atoms with Crippen molar-refractivity contribution in [3.8, 4) is 0 Å². The summed E-state index contributed by atoms with van der Waals surface area (Å²) >= 11 is 0. The summed E-state index contributed by atoms with van der Waals surface area (Å²) in [6.07, 6.45) is -8.99. The van der Waals surface area contributed by atoms with E-state index in [4.69, 9.17) is 5.11 Å². The predicted molar refractivity (Wildman–Crippen MR) is 39.3 cm³/mol. The third-order valence-corrected chi connectivity index (χ3v) is 1.69. The zero-order chi connectivity index (χ0) is 14.5. The Kier molecular flexibility index (Phi) is 28.0. The Labute approximate surface area is 213 Å². The Bertz CT molecular complexity index is 376. The molecule has 0 aromatic carbocycles.